The van der Waals surface area contributed by atoms with Gasteiger partial charge in [-0.2, -0.15) is 5.10 Å². The molecule has 0 saturated heterocycles. The van der Waals surface area contributed by atoms with Gasteiger partial charge in [0.05, 0.1) is 28.5 Å². The summed E-state index contributed by atoms with van der Waals surface area (Å²) in [5, 5.41) is 6.93. The van der Waals surface area contributed by atoms with Crippen molar-refractivity contribution in [2.45, 2.75) is 32.2 Å². The molecule has 0 bridgehead atoms. The molecule has 0 radical (unpaired) electrons. The fourth-order valence-electron chi connectivity index (χ4n) is 2.90. The largest absolute Gasteiger partial charge is 0.326 e. The molecule has 152 valence electrons. The van der Waals surface area contributed by atoms with Gasteiger partial charge in [0.2, 0.25) is 5.91 Å². The number of nitrogens with one attached hydrogen (secondary N) is 2. The van der Waals surface area contributed by atoms with Gasteiger partial charge in [-0.3, -0.25) is 14.2 Å². The van der Waals surface area contributed by atoms with Crippen LogP contribution in [-0.4, -0.2) is 24.1 Å². The minimum absolute atomic E-state index is 0.0484. The number of carbonyl (C=O) groups excluding carboxylic acids is 1. The Hall–Kier alpha value is -3.20. The van der Waals surface area contributed by atoms with Gasteiger partial charge >= 0.3 is 0 Å². The van der Waals surface area contributed by atoms with E-state index in [9.17, 15) is 17.6 Å². The number of hydrogen-bond donors (Lipinski definition) is 2. The lowest BCUT2D eigenvalue weighted by molar-refractivity contribution is -0.114. The normalized spacial score (nSPS) is 11.3. The highest BCUT2D eigenvalue weighted by Crippen LogP contribution is 2.25. The average Bonchev–Trinajstić information content (AvgIpc) is 2.91. The van der Waals surface area contributed by atoms with Crippen LogP contribution in [0.1, 0.15) is 23.9 Å². The molecule has 0 saturated carbocycles. The minimum Gasteiger partial charge on any atom is -0.326 e. The van der Waals surface area contributed by atoms with E-state index < -0.39 is 10.0 Å². The van der Waals surface area contributed by atoms with E-state index >= 15 is 0 Å². The zero-order valence-electron chi connectivity index (χ0n) is 16.2. The molecule has 0 aliphatic heterocycles. The van der Waals surface area contributed by atoms with Crippen molar-refractivity contribution in [3.05, 3.63) is 71.3 Å². The second kappa shape index (κ2) is 8.04. The van der Waals surface area contributed by atoms with E-state index in [1.807, 2.05) is 0 Å². The molecule has 3 rings (SSSR count). The highest BCUT2D eigenvalue weighted by molar-refractivity contribution is 7.92. The molecule has 2 N–H and O–H groups in total. The van der Waals surface area contributed by atoms with Gasteiger partial charge in [0, 0.05) is 18.2 Å². The first-order valence-corrected chi connectivity index (χ1v) is 10.3. The van der Waals surface area contributed by atoms with Gasteiger partial charge in [-0.1, -0.05) is 18.2 Å². The topological polar surface area (TPSA) is 93.1 Å². The SMILES string of the molecule is CC(=O)Nc1ccc(S(=O)(=O)Nc2c(C)nn(Cc3ccccc3F)c2C)cc1. The molecule has 1 aromatic heterocycles. The van der Waals surface area contributed by atoms with Crippen LogP contribution in [0.5, 0.6) is 0 Å². The third-order valence-corrected chi connectivity index (χ3v) is 5.75. The number of sulfonamides is 1. The Morgan fingerprint density at radius 2 is 1.76 bits per heavy atom. The van der Waals surface area contributed by atoms with E-state index in [0.717, 1.165) is 0 Å². The number of hydrogen-bond acceptors (Lipinski definition) is 4. The van der Waals surface area contributed by atoms with Gasteiger partial charge in [0.1, 0.15) is 5.82 Å². The minimum atomic E-state index is -3.86. The Bertz CT molecular complexity index is 1150. The number of aromatic nitrogens is 2. The van der Waals surface area contributed by atoms with Gasteiger partial charge in [-0.15, -0.1) is 0 Å². The predicted octanol–water partition coefficient (Wildman–Crippen LogP) is 3.45. The third kappa shape index (κ3) is 4.62. The van der Waals surface area contributed by atoms with Crippen molar-refractivity contribution in [2.24, 2.45) is 0 Å². The van der Waals surface area contributed by atoms with Gasteiger partial charge in [-0.05, 0) is 44.2 Å². The van der Waals surface area contributed by atoms with E-state index in [-0.39, 0.29) is 23.2 Å². The first kappa shape index (κ1) is 20.5. The Labute approximate surface area is 168 Å². The van der Waals surface area contributed by atoms with E-state index in [2.05, 4.69) is 15.1 Å². The van der Waals surface area contributed by atoms with Gasteiger partial charge in [0.25, 0.3) is 10.0 Å². The lowest BCUT2D eigenvalue weighted by Gasteiger charge is -2.10. The molecule has 0 fully saturated rings. The third-order valence-electron chi connectivity index (χ3n) is 4.38. The van der Waals surface area contributed by atoms with Gasteiger partial charge in [-0.25, -0.2) is 12.8 Å². The Morgan fingerprint density at radius 1 is 1.10 bits per heavy atom. The van der Waals surface area contributed by atoms with Crippen LogP contribution in [0.25, 0.3) is 0 Å². The second-order valence-electron chi connectivity index (χ2n) is 6.61. The first-order chi connectivity index (χ1) is 13.7. The molecule has 0 aliphatic rings. The fraction of sp³-hybridized carbons (Fsp3) is 0.200. The predicted molar refractivity (Wildman–Crippen MR) is 109 cm³/mol. The molecule has 0 spiro atoms. The molecule has 0 unspecified atom stereocenters. The van der Waals surface area contributed by atoms with Crippen LogP contribution >= 0.6 is 0 Å². The molecular weight excluding hydrogens is 395 g/mol. The molecule has 1 heterocycles. The first-order valence-electron chi connectivity index (χ1n) is 8.85. The summed E-state index contributed by atoms with van der Waals surface area (Å²) >= 11 is 0. The van der Waals surface area contributed by atoms with Crippen LogP contribution in [0, 0.1) is 19.7 Å². The number of anilines is 2. The Balaban J connectivity index is 1.85. The molecule has 0 atom stereocenters. The monoisotopic (exact) mass is 416 g/mol. The molecule has 1 amide bonds. The summed E-state index contributed by atoms with van der Waals surface area (Å²) in [5.74, 6) is -0.589. The summed E-state index contributed by atoms with van der Waals surface area (Å²) in [4.78, 5) is 11.1. The lowest BCUT2D eigenvalue weighted by atomic mass is 10.2. The van der Waals surface area contributed by atoms with Crippen molar-refractivity contribution in [1.82, 2.24) is 9.78 Å². The van der Waals surface area contributed by atoms with Crippen LogP contribution in [0.4, 0.5) is 15.8 Å². The van der Waals surface area contributed by atoms with Crippen LogP contribution in [0.3, 0.4) is 0 Å². The molecule has 29 heavy (non-hydrogen) atoms. The lowest BCUT2D eigenvalue weighted by Crippen LogP contribution is -2.14. The number of carbonyl (C=O) groups is 1. The van der Waals surface area contributed by atoms with Crippen molar-refractivity contribution in [3.8, 4) is 0 Å². The van der Waals surface area contributed by atoms with Crippen molar-refractivity contribution < 1.29 is 17.6 Å². The number of amides is 1. The zero-order chi connectivity index (χ0) is 21.2. The molecule has 0 aliphatic carbocycles. The van der Waals surface area contributed by atoms with Crippen LogP contribution in [0.15, 0.2) is 53.4 Å². The molecule has 2 aromatic carbocycles. The number of halogens is 1. The van der Waals surface area contributed by atoms with Crippen molar-refractivity contribution in [3.63, 3.8) is 0 Å². The van der Waals surface area contributed by atoms with Crippen LogP contribution < -0.4 is 10.0 Å². The summed E-state index contributed by atoms with van der Waals surface area (Å²) in [6.07, 6.45) is 0. The smallest absolute Gasteiger partial charge is 0.262 e. The molecular formula is C20H21FN4O3S. The highest BCUT2D eigenvalue weighted by atomic mass is 32.2. The number of aryl methyl sites for hydroxylation is 1. The number of rotatable bonds is 6. The summed E-state index contributed by atoms with van der Waals surface area (Å²) in [5.41, 5.74) is 2.37. The molecule has 7 nitrogen and oxygen atoms in total. The second-order valence-corrected chi connectivity index (χ2v) is 8.29. The van der Waals surface area contributed by atoms with Crippen LogP contribution in [-0.2, 0) is 21.4 Å². The molecule has 3 aromatic rings. The van der Waals surface area contributed by atoms with Gasteiger partial charge in [0.15, 0.2) is 0 Å². The Morgan fingerprint density at radius 3 is 2.38 bits per heavy atom. The highest BCUT2D eigenvalue weighted by Gasteiger charge is 2.20. The number of benzene rings is 2. The fourth-order valence-corrected chi connectivity index (χ4v) is 4.08. The maximum absolute atomic E-state index is 13.9. The maximum atomic E-state index is 13.9. The van der Waals surface area contributed by atoms with E-state index in [0.29, 0.717) is 28.3 Å². The zero-order valence-corrected chi connectivity index (χ0v) is 17.0. The summed E-state index contributed by atoms with van der Waals surface area (Å²) < 4.78 is 43.6. The van der Waals surface area contributed by atoms with Crippen molar-refractivity contribution >= 4 is 27.3 Å². The standard InChI is InChI=1S/C20H21FN4O3S/c1-13-20(14(2)25(23-13)12-16-6-4-5-7-19(16)21)24-29(27,28)18-10-8-17(9-11-18)22-15(3)26/h4-11,24H,12H2,1-3H3,(H,22,26). The quantitative estimate of drug-likeness (QED) is 0.644. The Kier molecular flexibility index (Phi) is 5.69. The van der Waals surface area contributed by atoms with E-state index in [1.165, 1.54) is 37.3 Å². The summed E-state index contributed by atoms with van der Waals surface area (Å²) in [6, 6.07) is 12.2. The average molecular weight is 416 g/mol. The van der Waals surface area contributed by atoms with Crippen molar-refractivity contribution in [2.75, 3.05) is 10.0 Å². The number of nitrogens with zero attached hydrogens (tertiary/aromatic N) is 2. The maximum Gasteiger partial charge on any atom is 0.262 e. The summed E-state index contributed by atoms with van der Waals surface area (Å²) in [6.45, 7) is 4.96. The van der Waals surface area contributed by atoms with Crippen LogP contribution in [0.2, 0.25) is 0 Å². The van der Waals surface area contributed by atoms with Gasteiger partial charge < -0.3 is 5.32 Å². The van der Waals surface area contributed by atoms with Crippen molar-refractivity contribution in [1.29, 1.82) is 0 Å². The molecule has 9 heteroatoms. The summed E-state index contributed by atoms with van der Waals surface area (Å²) in [7, 11) is -3.86. The van der Waals surface area contributed by atoms with E-state index in [4.69, 9.17) is 0 Å². The van der Waals surface area contributed by atoms with E-state index in [1.54, 1.807) is 36.7 Å².